The number of nitrogens with two attached hydrogens (primary N) is 1. The van der Waals surface area contributed by atoms with Crippen LogP contribution in [0.2, 0.25) is 0 Å². The maximum atomic E-state index is 13.1. The van der Waals surface area contributed by atoms with Crippen molar-refractivity contribution in [2.75, 3.05) is 31.6 Å². The van der Waals surface area contributed by atoms with E-state index < -0.39 is 16.1 Å². The molecule has 3 rings (SSSR count). The van der Waals surface area contributed by atoms with Gasteiger partial charge in [0.05, 0.1) is 17.8 Å². The second kappa shape index (κ2) is 13.0. The Morgan fingerprint density at radius 3 is 2.46 bits per heavy atom. The van der Waals surface area contributed by atoms with Crippen molar-refractivity contribution in [2.45, 2.75) is 60.5 Å². The first kappa shape index (κ1) is 30.1. The summed E-state index contributed by atoms with van der Waals surface area (Å²) in [6, 6.07) is 4.81. The lowest BCUT2D eigenvalue weighted by molar-refractivity contribution is 0.0995. The molecule has 0 atom stereocenters. The Morgan fingerprint density at radius 2 is 1.85 bits per heavy atom. The predicted octanol–water partition coefficient (Wildman–Crippen LogP) is 2.27. The zero-order chi connectivity index (χ0) is 28.7. The third-order valence-electron chi connectivity index (χ3n) is 6.11. The number of benzene rings is 1. The van der Waals surface area contributed by atoms with E-state index in [0.29, 0.717) is 61.0 Å². The van der Waals surface area contributed by atoms with E-state index in [-0.39, 0.29) is 24.6 Å². The average Bonchev–Trinajstić information content (AvgIpc) is 3.44. The van der Waals surface area contributed by atoms with Gasteiger partial charge < -0.3 is 15.0 Å². The van der Waals surface area contributed by atoms with Crippen LogP contribution in [0.1, 0.15) is 67.1 Å². The van der Waals surface area contributed by atoms with Crippen LogP contribution in [-0.4, -0.2) is 70.1 Å². The number of primary amides is 1. The number of aromatic nitrogens is 4. The summed E-state index contributed by atoms with van der Waals surface area (Å²) in [5.41, 5.74) is 7.94. The van der Waals surface area contributed by atoms with Gasteiger partial charge in [-0.15, -0.1) is 0 Å². The lowest BCUT2D eigenvalue weighted by Gasteiger charge is -2.18. The molecule has 2 aromatic heterocycles. The molecular formula is C25H38N8O5S. The molecule has 0 fully saturated rings. The largest absolute Gasteiger partial charge is 0.491 e. The Hall–Kier alpha value is -3.49. The number of carbonyl (C=O) groups excluding carboxylic acids is 2. The quantitative estimate of drug-likeness (QED) is 0.239. The number of carbonyl (C=O) groups is 2. The minimum atomic E-state index is -3.56. The molecule has 0 aliphatic carbocycles. The molecule has 13 nitrogen and oxygen atoms in total. The molecule has 0 unspecified atom stereocenters. The van der Waals surface area contributed by atoms with Crippen molar-refractivity contribution < 1.29 is 22.7 Å². The first-order chi connectivity index (χ1) is 18.6. The van der Waals surface area contributed by atoms with Gasteiger partial charge in [-0.25, -0.2) is 9.71 Å². The molecule has 1 aromatic carbocycles. The van der Waals surface area contributed by atoms with Gasteiger partial charge in [0.2, 0.25) is 11.9 Å². The zero-order valence-corrected chi connectivity index (χ0v) is 24.0. The van der Waals surface area contributed by atoms with Gasteiger partial charge in [-0.05, 0) is 44.9 Å². The van der Waals surface area contributed by atoms with Gasteiger partial charge >= 0.3 is 0 Å². The minimum absolute atomic E-state index is 0.173. The van der Waals surface area contributed by atoms with Crippen LogP contribution in [0.15, 0.2) is 18.2 Å². The molecule has 0 aliphatic rings. The second-order valence-electron chi connectivity index (χ2n) is 8.92. The van der Waals surface area contributed by atoms with E-state index in [9.17, 15) is 18.0 Å². The molecule has 0 spiro atoms. The number of nitrogens with zero attached hydrogens (tertiary/aromatic N) is 5. The number of anilines is 1. The van der Waals surface area contributed by atoms with E-state index in [4.69, 9.17) is 10.5 Å². The molecule has 4 N–H and O–H groups in total. The number of fused-ring (bicyclic) bond motifs is 1. The first-order valence-corrected chi connectivity index (χ1v) is 14.6. The van der Waals surface area contributed by atoms with Crippen molar-refractivity contribution in [3.8, 4) is 5.75 Å². The van der Waals surface area contributed by atoms with Crippen LogP contribution in [0, 0.1) is 6.92 Å². The van der Waals surface area contributed by atoms with E-state index in [0.717, 1.165) is 12.1 Å². The molecule has 3 aromatic rings. The van der Waals surface area contributed by atoms with E-state index in [1.54, 1.807) is 36.7 Å². The summed E-state index contributed by atoms with van der Waals surface area (Å²) in [5, 5.41) is 7.21. The number of nitrogens with one attached hydrogen (secondary N) is 2. The molecule has 39 heavy (non-hydrogen) atoms. The SMILES string of the molecule is CCCn1c(NC(=O)c2cc(C)nn2CC)nc2cc(C(N)=O)cc(OCCCNS(=O)(=O)N(CC)CC)c21. The monoisotopic (exact) mass is 562 g/mol. The predicted molar refractivity (Wildman–Crippen MR) is 149 cm³/mol. The van der Waals surface area contributed by atoms with Crippen molar-refractivity contribution in [3.05, 3.63) is 35.2 Å². The molecule has 0 aliphatic heterocycles. The highest BCUT2D eigenvalue weighted by atomic mass is 32.2. The van der Waals surface area contributed by atoms with Crippen LogP contribution < -0.4 is 20.5 Å². The third kappa shape index (κ3) is 6.94. The third-order valence-corrected chi connectivity index (χ3v) is 7.87. The Balaban J connectivity index is 1.88. The number of imidazole rings is 1. The lowest BCUT2D eigenvalue weighted by Crippen LogP contribution is -2.41. The van der Waals surface area contributed by atoms with Crippen LogP contribution in [-0.2, 0) is 23.3 Å². The standard InChI is InChI=1S/C25H38N8O5S/c1-6-12-32-22-19(28-25(32)29-24(35)20-14-17(5)30-33(20)9-4)15-18(23(26)34)16-21(22)38-13-10-11-27-39(36,37)31(7-2)8-3/h14-16,27H,6-13H2,1-5H3,(H2,26,34)(H,28,29,35). The van der Waals surface area contributed by atoms with Crippen LogP contribution in [0.5, 0.6) is 5.75 Å². The second-order valence-corrected chi connectivity index (χ2v) is 10.7. The topological polar surface area (TPSA) is 166 Å². The molecule has 14 heteroatoms. The van der Waals surface area contributed by atoms with Crippen molar-refractivity contribution in [1.29, 1.82) is 0 Å². The van der Waals surface area contributed by atoms with Crippen molar-refractivity contribution >= 4 is 39.0 Å². The van der Waals surface area contributed by atoms with Gasteiger partial charge in [-0.2, -0.15) is 17.8 Å². The Kier molecular flexibility index (Phi) is 10.1. The number of amides is 2. The zero-order valence-electron chi connectivity index (χ0n) is 23.2. The van der Waals surface area contributed by atoms with Crippen LogP contribution in [0.4, 0.5) is 5.95 Å². The van der Waals surface area contributed by atoms with Gasteiger partial charge in [0.25, 0.3) is 16.1 Å². The molecule has 2 heterocycles. The van der Waals surface area contributed by atoms with E-state index in [2.05, 4.69) is 20.1 Å². The molecule has 2 amide bonds. The summed E-state index contributed by atoms with van der Waals surface area (Å²) < 4.78 is 38.1. The number of aryl methyl sites for hydroxylation is 3. The van der Waals surface area contributed by atoms with Crippen LogP contribution in [0.3, 0.4) is 0 Å². The maximum absolute atomic E-state index is 13.1. The number of hydrogen-bond acceptors (Lipinski definition) is 7. The molecule has 214 valence electrons. The fraction of sp³-hybridized carbons (Fsp3) is 0.520. The number of ether oxygens (including phenoxy) is 1. The maximum Gasteiger partial charge on any atom is 0.279 e. The summed E-state index contributed by atoms with van der Waals surface area (Å²) in [6.07, 6.45) is 1.12. The molecule has 0 saturated carbocycles. The molecular weight excluding hydrogens is 524 g/mol. The Bertz CT molecular complexity index is 1430. The number of rotatable bonds is 15. The molecule has 0 bridgehead atoms. The lowest BCUT2D eigenvalue weighted by atomic mass is 10.1. The smallest absolute Gasteiger partial charge is 0.279 e. The van der Waals surface area contributed by atoms with E-state index in [1.807, 2.05) is 25.3 Å². The fourth-order valence-electron chi connectivity index (χ4n) is 4.26. The van der Waals surface area contributed by atoms with Gasteiger partial charge in [0, 0.05) is 38.3 Å². The van der Waals surface area contributed by atoms with Gasteiger partial charge in [0.1, 0.15) is 17.0 Å². The highest BCUT2D eigenvalue weighted by Crippen LogP contribution is 2.31. The summed E-state index contributed by atoms with van der Waals surface area (Å²) >= 11 is 0. The van der Waals surface area contributed by atoms with E-state index in [1.165, 1.54) is 4.31 Å². The highest BCUT2D eigenvalue weighted by molar-refractivity contribution is 7.87. The Labute approximate surface area is 228 Å². The van der Waals surface area contributed by atoms with Gasteiger partial charge in [-0.1, -0.05) is 20.8 Å². The normalized spacial score (nSPS) is 11.8. The summed E-state index contributed by atoms with van der Waals surface area (Å²) in [5.74, 6) is -0.338. The van der Waals surface area contributed by atoms with Crippen molar-refractivity contribution in [1.82, 2.24) is 28.4 Å². The first-order valence-electron chi connectivity index (χ1n) is 13.1. The minimum Gasteiger partial charge on any atom is -0.491 e. The summed E-state index contributed by atoms with van der Waals surface area (Å²) in [4.78, 5) is 29.7. The summed E-state index contributed by atoms with van der Waals surface area (Å²) in [6.45, 7) is 11.4. The van der Waals surface area contributed by atoms with Crippen molar-refractivity contribution in [3.63, 3.8) is 0 Å². The molecule has 0 saturated heterocycles. The molecule has 0 radical (unpaired) electrons. The summed E-state index contributed by atoms with van der Waals surface area (Å²) in [7, 11) is -3.56. The number of hydrogen-bond donors (Lipinski definition) is 3. The Morgan fingerprint density at radius 1 is 1.13 bits per heavy atom. The highest BCUT2D eigenvalue weighted by Gasteiger charge is 2.22. The fourth-order valence-corrected chi connectivity index (χ4v) is 5.53. The van der Waals surface area contributed by atoms with Crippen LogP contribution >= 0.6 is 0 Å². The average molecular weight is 563 g/mol. The van der Waals surface area contributed by atoms with Gasteiger partial charge in [0.15, 0.2) is 0 Å². The van der Waals surface area contributed by atoms with Crippen molar-refractivity contribution in [2.24, 2.45) is 5.73 Å². The van der Waals surface area contributed by atoms with Crippen LogP contribution in [0.25, 0.3) is 11.0 Å². The van der Waals surface area contributed by atoms with E-state index >= 15 is 0 Å². The van der Waals surface area contributed by atoms with Gasteiger partial charge in [-0.3, -0.25) is 19.6 Å².